The summed E-state index contributed by atoms with van der Waals surface area (Å²) in [5.41, 5.74) is 0.00840. The summed E-state index contributed by atoms with van der Waals surface area (Å²) in [5, 5.41) is 0.710. The number of amides is 2. The normalized spacial score (nSPS) is 25.2. The quantitative estimate of drug-likeness (QED) is 0.747. The molecule has 0 aromatic heterocycles. The number of ether oxygens (including phenoxy) is 1. The van der Waals surface area contributed by atoms with Crippen LogP contribution in [0.25, 0.3) is 0 Å². The third-order valence-corrected chi connectivity index (χ3v) is 5.22. The van der Waals surface area contributed by atoms with Crippen molar-refractivity contribution in [2.45, 2.75) is 12.8 Å². The minimum absolute atomic E-state index is 0.00840. The zero-order valence-corrected chi connectivity index (χ0v) is 11.3. The fourth-order valence-corrected chi connectivity index (χ4v) is 3.47. The predicted molar refractivity (Wildman–Crippen MR) is 65.8 cm³/mol. The van der Waals surface area contributed by atoms with Gasteiger partial charge in [-0.05, 0) is 12.8 Å². The molecule has 0 saturated carbocycles. The second-order valence-electron chi connectivity index (χ2n) is 4.28. The van der Waals surface area contributed by atoms with Gasteiger partial charge in [-0.15, -0.1) is 0 Å². The Morgan fingerprint density at radius 3 is 2.56 bits per heavy atom. The number of carbonyl (C=O) groups excluding carboxylic acids is 2. The van der Waals surface area contributed by atoms with Gasteiger partial charge in [0.2, 0.25) is 5.91 Å². The van der Waals surface area contributed by atoms with Gasteiger partial charge in [0.15, 0.2) is 0 Å². The summed E-state index contributed by atoms with van der Waals surface area (Å²) in [4.78, 5) is 24.5. The first kappa shape index (κ1) is 12.4. The van der Waals surface area contributed by atoms with Gasteiger partial charge in [0.05, 0.1) is 5.75 Å². The van der Waals surface area contributed by atoms with Crippen molar-refractivity contribution >= 4 is 38.8 Å². The number of carbonyl (C=O) groups is 2. The molecule has 2 rings (SSSR count). The number of halogens is 1. The molecule has 0 spiro atoms. The molecule has 0 aromatic rings. The van der Waals surface area contributed by atoms with Crippen molar-refractivity contribution in [2.75, 3.05) is 30.8 Å². The highest BCUT2D eigenvalue weighted by atomic mass is 79.9. The van der Waals surface area contributed by atoms with Gasteiger partial charge in [-0.25, -0.2) is 0 Å². The van der Waals surface area contributed by atoms with Crippen LogP contribution in [0.3, 0.4) is 0 Å². The van der Waals surface area contributed by atoms with E-state index in [0.29, 0.717) is 12.3 Å². The maximum absolute atomic E-state index is 11.6. The highest BCUT2D eigenvalue weighted by Crippen LogP contribution is 2.35. The largest absolute Gasteiger partial charge is 0.381 e. The molecule has 6 heteroatoms. The van der Waals surface area contributed by atoms with Crippen molar-refractivity contribution in [3.8, 4) is 0 Å². The Bertz CT molecular complexity index is 288. The molecular weight excluding hydrogens is 294 g/mol. The lowest BCUT2D eigenvalue weighted by molar-refractivity contribution is -0.126. The van der Waals surface area contributed by atoms with E-state index in [2.05, 4.69) is 15.9 Å². The fourth-order valence-electron chi connectivity index (χ4n) is 2.01. The molecule has 2 saturated heterocycles. The van der Waals surface area contributed by atoms with Gasteiger partial charge < -0.3 is 4.74 Å². The van der Waals surface area contributed by atoms with Crippen molar-refractivity contribution in [2.24, 2.45) is 5.41 Å². The smallest absolute Gasteiger partial charge is 0.288 e. The van der Waals surface area contributed by atoms with E-state index in [1.807, 2.05) is 0 Å². The average Bonchev–Trinajstić information content (AvgIpc) is 2.62. The van der Waals surface area contributed by atoms with Crippen molar-refractivity contribution < 1.29 is 14.3 Å². The molecule has 2 heterocycles. The van der Waals surface area contributed by atoms with Crippen LogP contribution in [0.5, 0.6) is 0 Å². The molecular formula is C10H14BrNO3S. The lowest BCUT2D eigenvalue weighted by atomic mass is 9.82. The summed E-state index contributed by atoms with van der Waals surface area (Å²) in [6.07, 6.45) is 1.81. The van der Waals surface area contributed by atoms with E-state index in [4.69, 9.17) is 4.74 Å². The van der Waals surface area contributed by atoms with Gasteiger partial charge >= 0.3 is 0 Å². The summed E-state index contributed by atoms with van der Waals surface area (Å²) < 4.78 is 5.33. The minimum Gasteiger partial charge on any atom is -0.381 e. The highest BCUT2D eigenvalue weighted by molar-refractivity contribution is 9.09. The van der Waals surface area contributed by atoms with E-state index in [1.165, 1.54) is 4.90 Å². The summed E-state index contributed by atoms with van der Waals surface area (Å²) in [5.74, 6) is 0.245. The monoisotopic (exact) mass is 307 g/mol. The van der Waals surface area contributed by atoms with E-state index in [0.717, 1.165) is 43.1 Å². The highest BCUT2D eigenvalue weighted by Gasteiger charge is 2.39. The molecule has 0 bridgehead atoms. The molecule has 2 fully saturated rings. The van der Waals surface area contributed by atoms with Crippen molar-refractivity contribution in [1.82, 2.24) is 4.90 Å². The van der Waals surface area contributed by atoms with Crippen LogP contribution in [-0.4, -0.2) is 46.9 Å². The third kappa shape index (κ3) is 2.43. The SMILES string of the molecule is O=C1CSC(=O)N1CC1(CBr)CCOCC1. The minimum atomic E-state index is -0.100. The Labute approximate surface area is 107 Å². The molecule has 0 aliphatic carbocycles. The summed E-state index contributed by atoms with van der Waals surface area (Å²) in [6, 6.07) is 0. The maximum atomic E-state index is 11.6. The second-order valence-corrected chi connectivity index (χ2v) is 5.77. The summed E-state index contributed by atoms with van der Waals surface area (Å²) in [6.45, 7) is 1.97. The van der Waals surface area contributed by atoms with Crippen LogP contribution in [0.15, 0.2) is 0 Å². The Morgan fingerprint density at radius 2 is 2.06 bits per heavy atom. The summed E-state index contributed by atoms with van der Waals surface area (Å²) in [7, 11) is 0. The van der Waals surface area contributed by atoms with Gasteiger partial charge in [0, 0.05) is 30.5 Å². The predicted octanol–water partition coefficient (Wildman–Crippen LogP) is 1.87. The van der Waals surface area contributed by atoms with Crippen LogP contribution in [0.2, 0.25) is 0 Å². The first-order valence-electron chi connectivity index (χ1n) is 5.28. The zero-order valence-electron chi connectivity index (χ0n) is 8.91. The molecule has 4 nitrogen and oxygen atoms in total. The van der Waals surface area contributed by atoms with Crippen LogP contribution in [0.1, 0.15) is 12.8 Å². The molecule has 0 N–H and O–H groups in total. The van der Waals surface area contributed by atoms with Gasteiger partial charge in [-0.2, -0.15) is 0 Å². The molecule has 2 amide bonds. The molecule has 90 valence electrons. The maximum Gasteiger partial charge on any atom is 0.288 e. The van der Waals surface area contributed by atoms with Crippen LogP contribution >= 0.6 is 27.7 Å². The third-order valence-electron chi connectivity index (χ3n) is 3.17. The first-order chi connectivity index (χ1) is 7.67. The standard InChI is InChI=1S/C10H14BrNO3S/c11-6-10(1-3-15-4-2-10)7-12-8(13)5-16-9(12)14/h1-7H2. The Balaban J connectivity index is 2.05. The number of rotatable bonds is 3. The second kappa shape index (κ2) is 5.06. The molecule has 2 aliphatic heterocycles. The zero-order chi connectivity index (χ0) is 11.6. The Morgan fingerprint density at radius 1 is 1.38 bits per heavy atom. The van der Waals surface area contributed by atoms with Crippen molar-refractivity contribution in [1.29, 1.82) is 0 Å². The molecule has 0 aromatic carbocycles. The van der Waals surface area contributed by atoms with Gasteiger partial charge in [-0.1, -0.05) is 27.7 Å². The van der Waals surface area contributed by atoms with Crippen molar-refractivity contribution in [3.63, 3.8) is 0 Å². The van der Waals surface area contributed by atoms with Gasteiger partial charge in [-0.3, -0.25) is 14.5 Å². The lowest BCUT2D eigenvalue weighted by Crippen LogP contribution is -2.44. The number of nitrogens with zero attached hydrogens (tertiary/aromatic N) is 1. The number of thioether (sulfide) groups is 1. The molecule has 0 unspecified atom stereocenters. The van der Waals surface area contributed by atoms with E-state index < -0.39 is 0 Å². The molecule has 0 radical (unpaired) electrons. The van der Waals surface area contributed by atoms with Crippen LogP contribution < -0.4 is 0 Å². The van der Waals surface area contributed by atoms with Crippen LogP contribution in [0, 0.1) is 5.41 Å². The van der Waals surface area contributed by atoms with E-state index >= 15 is 0 Å². The number of hydrogen-bond donors (Lipinski definition) is 0. The lowest BCUT2D eigenvalue weighted by Gasteiger charge is -2.37. The van der Waals surface area contributed by atoms with E-state index in [1.54, 1.807) is 0 Å². The van der Waals surface area contributed by atoms with E-state index in [-0.39, 0.29) is 16.6 Å². The summed E-state index contributed by atoms with van der Waals surface area (Å²) >= 11 is 4.61. The van der Waals surface area contributed by atoms with Crippen LogP contribution in [-0.2, 0) is 9.53 Å². The number of imide groups is 1. The number of alkyl halides is 1. The van der Waals surface area contributed by atoms with Crippen LogP contribution in [0.4, 0.5) is 4.79 Å². The molecule has 16 heavy (non-hydrogen) atoms. The number of hydrogen-bond acceptors (Lipinski definition) is 4. The first-order valence-corrected chi connectivity index (χ1v) is 7.38. The fraction of sp³-hybridized carbons (Fsp3) is 0.800. The van der Waals surface area contributed by atoms with Gasteiger partial charge in [0.25, 0.3) is 5.24 Å². The topological polar surface area (TPSA) is 46.6 Å². The Kier molecular flexibility index (Phi) is 3.92. The average molecular weight is 308 g/mol. The van der Waals surface area contributed by atoms with Gasteiger partial charge in [0.1, 0.15) is 0 Å². The van der Waals surface area contributed by atoms with E-state index in [9.17, 15) is 9.59 Å². The Hall–Kier alpha value is -0.0700. The molecule has 2 aliphatic rings. The van der Waals surface area contributed by atoms with Crippen molar-refractivity contribution in [3.05, 3.63) is 0 Å². The molecule has 0 atom stereocenters.